The van der Waals surface area contributed by atoms with Crippen molar-refractivity contribution in [1.29, 1.82) is 0 Å². The Kier molecular flexibility index (Phi) is 6.78. The molecule has 0 radical (unpaired) electrons. The number of carboxylic acids is 1. The number of aliphatic carboxylic acids is 1. The number of rotatable bonds is 4. The first-order valence-corrected chi connectivity index (χ1v) is 9.12. The first-order valence-electron chi connectivity index (χ1n) is 9.12. The summed E-state index contributed by atoms with van der Waals surface area (Å²) in [5, 5.41) is 9.96. The Labute approximate surface area is 179 Å². The molecule has 4 aromatic rings. The van der Waals surface area contributed by atoms with Gasteiger partial charge in [-0.2, -0.15) is 13.2 Å². The summed E-state index contributed by atoms with van der Waals surface area (Å²) in [6.07, 6.45) is 4.23. The van der Waals surface area contributed by atoms with E-state index in [-0.39, 0.29) is 5.91 Å². The minimum Gasteiger partial charge on any atom is -0.475 e. The lowest BCUT2D eigenvalue weighted by molar-refractivity contribution is -0.192. The molecule has 0 aliphatic heterocycles. The van der Waals surface area contributed by atoms with E-state index in [1.807, 2.05) is 40.9 Å². The minimum atomic E-state index is -5.08. The number of anilines is 1. The number of hydrogen-bond acceptors (Lipinski definition) is 5. The van der Waals surface area contributed by atoms with E-state index in [2.05, 4.69) is 20.3 Å². The number of carboxylic acid groups (broad SMARTS) is 1. The number of alkyl halides is 3. The maximum Gasteiger partial charge on any atom is 0.490 e. The second-order valence-electron chi connectivity index (χ2n) is 6.37. The zero-order valence-corrected chi connectivity index (χ0v) is 16.3. The summed E-state index contributed by atoms with van der Waals surface area (Å²) in [5.74, 6) is -2.22. The standard InChI is InChI=1S/C19H15N5O.C2HF3O2/c25-19(22-15-6-4-9-21-13-15)18-16-7-1-2-10-24(16)17(23-18)11-14-5-3-8-20-12-14;3-2(4,5)1(6)7/h1-10,12-13H,11H2,(H,22,25);(H,6,7). The number of pyridine rings is 3. The van der Waals surface area contributed by atoms with Crippen molar-refractivity contribution < 1.29 is 27.9 Å². The van der Waals surface area contributed by atoms with Gasteiger partial charge >= 0.3 is 12.1 Å². The summed E-state index contributed by atoms with van der Waals surface area (Å²) in [7, 11) is 0. The average molecular weight is 443 g/mol. The second-order valence-corrected chi connectivity index (χ2v) is 6.37. The third-order valence-electron chi connectivity index (χ3n) is 4.08. The summed E-state index contributed by atoms with van der Waals surface area (Å²) in [5.41, 5.74) is 2.84. The number of carbonyl (C=O) groups excluding carboxylic acids is 1. The van der Waals surface area contributed by atoms with Crippen molar-refractivity contribution in [2.45, 2.75) is 12.6 Å². The van der Waals surface area contributed by atoms with Gasteiger partial charge in [0.1, 0.15) is 5.82 Å². The van der Waals surface area contributed by atoms with Crippen molar-refractivity contribution in [3.8, 4) is 0 Å². The van der Waals surface area contributed by atoms with Crippen LogP contribution in [0.15, 0.2) is 73.4 Å². The third kappa shape index (κ3) is 5.65. The van der Waals surface area contributed by atoms with E-state index in [9.17, 15) is 18.0 Å². The molecule has 8 nitrogen and oxygen atoms in total. The first kappa shape index (κ1) is 22.4. The molecule has 0 aliphatic carbocycles. The number of fused-ring (bicyclic) bond motifs is 1. The highest BCUT2D eigenvalue weighted by Gasteiger charge is 2.38. The summed E-state index contributed by atoms with van der Waals surface area (Å²) < 4.78 is 33.7. The minimum absolute atomic E-state index is 0.255. The molecule has 0 aliphatic rings. The van der Waals surface area contributed by atoms with Crippen molar-refractivity contribution >= 4 is 23.1 Å². The lowest BCUT2D eigenvalue weighted by atomic mass is 10.2. The molecule has 4 heterocycles. The van der Waals surface area contributed by atoms with Gasteiger partial charge in [0.2, 0.25) is 0 Å². The van der Waals surface area contributed by atoms with Gasteiger partial charge in [0.15, 0.2) is 5.69 Å². The molecule has 32 heavy (non-hydrogen) atoms. The van der Waals surface area contributed by atoms with Gasteiger partial charge in [-0.25, -0.2) is 9.78 Å². The van der Waals surface area contributed by atoms with Gasteiger partial charge in [-0.05, 0) is 35.9 Å². The van der Waals surface area contributed by atoms with Crippen LogP contribution >= 0.6 is 0 Å². The van der Waals surface area contributed by atoms with Crippen LogP contribution in [0.1, 0.15) is 21.9 Å². The number of hydrogen-bond donors (Lipinski definition) is 2. The molecule has 4 aromatic heterocycles. The lowest BCUT2D eigenvalue weighted by Crippen LogP contribution is -2.21. The second kappa shape index (κ2) is 9.69. The first-order chi connectivity index (χ1) is 15.3. The van der Waals surface area contributed by atoms with Crippen LogP contribution in [0.25, 0.3) is 5.52 Å². The molecule has 2 N–H and O–H groups in total. The van der Waals surface area contributed by atoms with Gasteiger partial charge in [-0.15, -0.1) is 0 Å². The van der Waals surface area contributed by atoms with E-state index in [4.69, 9.17) is 9.90 Å². The number of carbonyl (C=O) groups is 2. The molecule has 0 saturated carbocycles. The summed E-state index contributed by atoms with van der Waals surface area (Å²) in [6, 6.07) is 13.1. The van der Waals surface area contributed by atoms with Crippen LogP contribution in [0.3, 0.4) is 0 Å². The average Bonchev–Trinajstić information content (AvgIpc) is 3.14. The van der Waals surface area contributed by atoms with E-state index in [0.717, 1.165) is 16.9 Å². The van der Waals surface area contributed by atoms with Crippen LogP contribution in [-0.2, 0) is 11.2 Å². The molecule has 11 heteroatoms. The quantitative estimate of drug-likeness (QED) is 0.499. The van der Waals surface area contributed by atoms with Crippen LogP contribution in [0.4, 0.5) is 18.9 Å². The van der Waals surface area contributed by atoms with Crippen molar-refractivity contribution in [1.82, 2.24) is 19.4 Å². The lowest BCUT2D eigenvalue weighted by Gasteiger charge is -2.02. The van der Waals surface area contributed by atoms with E-state index < -0.39 is 12.1 Å². The zero-order chi connectivity index (χ0) is 23.1. The molecule has 0 bridgehead atoms. The highest BCUT2D eigenvalue weighted by molar-refractivity contribution is 6.07. The normalized spacial score (nSPS) is 10.8. The smallest absolute Gasteiger partial charge is 0.475 e. The van der Waals surface area contributed by atoms with Crippen molar-refractivity contribution in [2.75, 3.05) is 5.32 Å². The fraction of sp³-hybridized carbons (Fsp3) is 0.0952. The Bertz CT molecular complexity index is 1210. The number of nitrogens with zero attached hydrogens (tertiary/aromatic N) is 4. The highest BCUT2D eigenvalue weighted by Crippen LogP contribution is 2.17. The molecule has 4 rings (SSSR count). The Morgan fingerprint density at radius 1 is 1.00 bits per heavy atom. The van der Waals surface area contributed by atoms with E-state index in [1.165, 1.54) is 0 Å². The Morgan fingerprint density at radius 3 is 2.28 bits per heavy atom. The summed E-state index contributed by atoms with van der Waals surface area (Å²) in [4.78, 5) is 34.3. The molecular weight excluding hydrogens is 427 g/mol. The fourth-order valence-electron chi connectivity index (χ4n) is 2.71. The predicted octanol–water partition coefficient (Wildman–Crippen LogP) is 3.60. The third-order valence-corrected chi connectivity index (χ3v) is 4.08. The number of imidazole rings is 1. The number of aromatic nitrogens is 4. The largest absolute Gasteiger partial charge is 0.490 e. The van der Waals surface area contributed by atoms with Gasteiger partial charge in [-0.3, -0.25) is 14.8 Å². The van der Waals surface area contributed by atoms with Crippen molar-refractivity contribution in [3.63, 3.8) is 0 Å². The molecule has 164 valence electrons. The summed E-state index contributed by atoms with van der Waals surface area (Å²) in [6.45, 7) is 0. The van der Waals surface area contributed by atoms with Crippen LogP contribution in [0.2, 0.25) is 0 Å². The SMILES string of the molecule is O=C(Nc1cccnc1)c1nc(Cc2cccnc2)n2ccccc12.O=C(O)C(F)(F)F. The Balaban J connectivity index is 0.000000360. The highest BCUT2D eigenvalue weighted by atomic mass is 19.4. The predicted molar refractivity (Wildman–Crippen MR) is 108 cm³/mol. The van der Waals surface area contributed by atoms with Gasteiger partial charge in [0.05, 0.1) is 17.4 Å². The molecule has 0 atom stereocenters. The van der Waals surface area contributed by atoms with Crippen LogP contribution in [0, 0.1) is 0 Å². The summed E-state index contributed by atoms with van der Waals surface area (Å²) >= 11 is 0. The Morgan fingerprint density at radius 2 is 1.69 bits per heavy atom. The van der Waals surface area contributed by atoms with E-state index in [0.29, 0.717) is 17.8 Å². The monoisotopic (exact) mass is 443 g/mol. The molecule has 0 spiro atoms. The molecular formula is C21H16F3N5O3. The Hall–Kier alpha value is -4.28. The van der Waals surface area contributed by atoms with Gasteiger partial charge in [0.25, 0.3) is 5.91 Å². The van der Waals surface area contributed by atoms with Crippen molar-refractivity contribution in [2.24, 2.45) is 0 Å². The molecule has 0 unspecified atom stereocenters. The molecule has 0 aromatic carbocycles. The number of nitrogens with one attached hydrogen (secondary N) is 1. The van der Waals surface area contributed by atoms with Crippen LogP contribution < -0.4 is 5.32 Å². The zero-order valence-electron chi connectivity index (χ0n) is 16.3. The van der Waals surface area contributed by atoms with E-state index in [1.54, 1.807) is 36.9 Å². The molecule has 0 saturated heterocycles. The molecule has 0 fully saturated rings. The molecule has 1 amide bonds. The maximum atomic E-state index is 12.7. The van der Waals surface area contributed by atoms with E-state index >= 15 is 0 Å². The van der Waals surface area contributed by atoms with Crippen LogP contribution in [-0.4, -0.2) is 42.5 Å². The maximum absolute atomic E-state index is 12.7. The fourth-order valence-corrected chi connectivity index (χ4v) is 2.71. The number of halogens is 3. The topological polar surface area (TPSA) is 109 Å². The van der Waals surface area contributed by atoms with Crippen LogP contribution in [0.5, 0.6) is 0 Å². The number of amides is 1. The van der Waals surface area contributed by atoms with Gasteiger partial charge in [0, 0.05) is 31.2 Å². The van der Waals surface area contributed by atoms with Gasteiger partial charge < -0.3 is 14.8 Å². The van der Waals surface area contributed by atoms with Gasteiger partial charge in [-0.1, -0.05) is 12.1 Å². The van der Waals surface area contributed by atoms with Crippen molar-refractivity contribution in [3.05, 3.63) is 90.5 Å².